The van der Waals surface area contributed by atoms with Crippen LogP contribution in [0.5, 0.6) is 5.75 Å². The molecular weight excluding hydrogens is 441 g/mol. The molecule has 1 fully saturated rings. The Morgan fingerprint density at radius 3 is 2.66 bits per heavy atom. The summed E-state index contributed by atoms with van der Waals surface area (Å²) in [6.45, 7) is 3.90. The quantitative estimate of drug-likeness (QED) is 0.614. The number of para-hydroxylation sites is 1. The van der Waals surface area contributed by atoms with Crippen LogP contribution in [0.25, 0.3) is 0 Å². The van der Waals surface area contributed by atoms with Crippen LogP contribution in [0.3, 0.4) is 0 Å². The maximum atomic E-state index is 13.0. The van der Waals surface area contributed by atoms with E-state index in [9.17, 15) is 18.3 Å². The monoisotopic (exact) mass is 468 g/mol. The lowest BCUT2D eigenvalue weighted by molar-refractivity contribution is -0.137. The predicted molar refractivity (Wildman–Crippen MR) is 118 cm³/mol. The van der Waals surface area contributed by atoms with Crippen molar-refractivity contribution in [2.24, 2.45) is 0 Å². The van der Waals surface area contributed by atoms with E-state index in [1.54, 1.807) is 6.07 Å². The van der Waals surface area contributed by atoms with E-state index in [-0.39, 0.29) is 6.61 Å². The van der Waals surface area contributed by atoms with Crippen LogP contribution in [0.15, 0.2) is 47.4 Å². The molecule has 0 radical (unpaired) electrons. The molecule has 174 valence electrons. The third-order valence-corrected chi connectivity index (χ3v) is 6.44. The van der Waals surface area contributed by atoms with Crippen LogP contribution in [-0.2, 0) is 16.8 Å². The molecule has 9 heteroatoms. The van der Waals surface area contributed by atoms with Gasteiger partial charge in [0, 0.05) is 50.5 Å². The van der Waals surface area contributed by atoms with Gasteiger partial charge in [-0.15, -0.1) is 0 Å². The summed E-state index contributed by atoms with van der Waals surface area (Å²) < 4.78 is 50.3. The molecule has 0 spiro atoms. The van der Waals surface area contributed by atoms with Crippen molar-refractivity contribution in [3.63, 3.8) is 0 Å². The third kappa shape index (κ3) is 5.89. The first-order valence-electron chi connectivity index (χ1n) is 10.8. The van der Waals surface area contributed by atoms with Gasteiger partial charge >= 0.3 is 6.18 Å². The van der Waals surface area contributed by atoms with Gasteiger partial charge in [-0.05, 0) is 42.7 Å². The van der Waals surface area contributed by atoms with Gasteiger partial charge in [0.1, 0.15) is 5.75 Å². The molecule has 2 aromatic carbocycles. The molecule has 0 amide bonds. The maximum absolute atomic E-state index is 13.0. The Bertz CT molecular complexity index is 904. The number of rotatable bonds is 7. The summed E-state index contributed by atoms with van der Waals surface area (Å²) in [6, 6.07) is 11.4. The molecule has 5 nitrogen and oxygen atoms in total. The minimum absolute atomic E-state index is 0.183. The minimum atomic E-state index is -4.34. The number of piperazine rings is 1. The number of β-amino-alcohol motifs (C(OH)–C–C–N with tert-alkyl or cyclic N) is 1. The van der Waals surface area contributed by atoms with Crippen molar-refractivity contribution in [1.29, 1.82) is 0 Å². The van der Waals surface area contributed by atoms with E-state index >= 15 is 0 Å². The van der Waals surface area contributed by atoms with E-state index in [2.05, 4.69) is 11.0 Å². The molecule has 2 aliphatic rings. The summed E-state index contributed by atoms with van der Waals surface area (Å²) in [7, 11) is 0. The van der Waals surface area contributed by atoms with Gasteiger partial charge in [-0.3, -0.25) is 4.90 Å². The summed E-state index contributed by atoms with van der Waals surface area (Å²) in [5, 5.41) is 10.4. The highest BCUT2D eigenvalue weighted by atomic mass is 32.2. The molecule has 2 aliphatic heterocycles. The number of nitrogens with zero attached hydrogens (tertiary/aromatic N) is 2. The second-order valence-electron chi connectivity index (χ2n) is 8.05. The summed E-state index contributed by atoms with van der Waals surface area (Å²) in [6.07, 6.45) is -2.98. The number of aliphatic hydroxyl groups excluding tert-OH is 1. The Balaban J connectivity index is 1.21. The first-order valence-corrected chi connectivity index (χ1v) is 11.5. The van der Waals surface area contributed by atoms with Crippen molar-refractivity contribution in [3.05, 3.63) is 53.6 Å². The van der Waals surface area contributed by atoms with Crippen molar-refractivity contribution in [1.82, 2.24) is 4.90 Å². The van der Waals surface area contributed by atoms with E-state index in [0.29, 0.717) is 45.0 Å². The Hall–Kier alpha value is -1.94. The zero-order valence-corrected chi connectivity index (χ0v) is 18.5. The van der Waals surface area contributed by atoms with E-state index < -0.39 is 17.8 Å². The molecule has 2 heterocycles. The smallest absolute Gasteiger partial charge is 0.416 e. The van der Waals surface area contributed by atoms with Crippen molar-refractivity contribution >= 4 is 17.7 Å². The van der Waals surface area contributed by atoms with E-state index in [4.69, 9.17) is 8.92 Å². The van der Waals surface area contributed by atoms with Gasteiger partial charge in [-0.1, -0.05) is 18.2 Å². The number of hydrogen-bond acceptors (Lipinski definition) is 6. The Kier molecular flexibility index (Phi) is 7.50. The lowest BCUT2D eigenvalue weighted by Crippen LogP contribution is -2.49. The number of alkyl halides is 3. The number of aryl methyl sites for hydroxylation is 1. The largest absolute Gasteiger partial charge is 0.492 e. The lowest BCUT2D eigenvalue weighted by Gasteiger charge is -2.37. The van der Waals surface area contributed by atoms with Gasteiger partial charge < -0.3 is 18.9 Å². The van der Waals surface area contributed by atoms with E-state index in [1.165, 1.54) is 29.7 Å². The Labute approximate surface area is 190 Å². The molecule has 1 N–H and O–H groups in total. The molecular formula is C23H27F3N2O3S. The van der Waals surface area contributed by atoms with Gasteiger partial charge in [0.05, 0.1) is 29.8 Å². The molecule has 1 atom stereocenters. The standard InChI is InChI=1S/C23H27F3N2O3S/c24-23(25,26)18-6-2-7-19(14-18)28-11-9-27(10-12-28)15-20(29)16-31-32-21-8-1-4-17-5-3-13-30-22(17)21/h1-2,4,6-8,14,20,29H,3,5,9-13,15-16H2. The number of benzene rings is 2. The van der Waals surface area contributed by atoms with Gasteiger partial charge in [0.25, 0.3) is 0 Å². The average molecular weight is 469 g/mol. The molecule has 0 aromatic heterocycles. The number of hydrogen-bond donors (Lipinski definition) is 1. The summed E-state index contributed by atoms with van der Waals surface area (Å²) in [5.41, 5.74) is 1.13. The third-order valence-electron chi connectivity index (χ3n) is 5.69. The number of halogens is 3. The van der Waals surface area contributed by atoms with Crippen LogP contribution in [0.2, 0.25) is 0 Å². The number of fused-ring (bicyclic) bond motifs is 1. The highest BCUT2D eigenvalue weighted by molar-refractivity contribution is 7.94. The highest BCUT2D eigenvalue weighted by Gasteiger charge is 2.31. The predicted octanol–water partition coefficient (Wildman–Crippen LogP) is 4.24. The summed E-state index contributed by atoms with van der Waals surface area (Å²) >= 11 is 1.22. The Morgan fingerprint density at radius 2 is 1.88 bits per heavy atom. The minimum Gasteiger partial charge on any atom is -0.492 e. The van der Waals surface area contributed by atoms with Crippen molar-refractivity contribution in [3.8, 4) is 5.75 Å². The molecule has 1 saturated heterocycles. The van der Waals surface area contributed by atoms with Crippen molar-refractivity contribution < 1.29 is 27.2 Å². The second-order valence-corrected chi connectivity index (χ2v) is 8.90. The van der Waals surface area contributed by atoms with Crippen LogP contribution in [0.1, 0.15) is 17.5 Å². The van der Waals surface area contributed by atoms with Crippen LogP contribution < -0.4 is 9.64 Å². The van der Waals surface area contributed by atoms with Gasteiger partial charge in [-0.25, -0.2) is 0 Å². The second kappa shape index (κ2) is 10.3. The summed E-state index contributed by atoms with van der Waals surface area (Å²) in [5.74, 6) is 0.879. The van der Waals surface area contributed by atoms with Crippen molar-refractivity contribution in [2.45, 2.75) is 30.0 Å². The van der Waals surface area contributed by atoms with Crippen LogP contribution in [0, 0.1) is 0 Å². The first-order chi connectivity index (χ1) is 15.4. The van der Waals surface area contributed by atoms with Gasteiger partial charge in [0.15, 0.2) is 0 Å². The van der Waals surface area contributed by atoms with Crippen LogP contribution in [-0.4, -0.2) is 62.0 Å². The number of aliphatic hydroxyl groups is 1. The van der Waals surface area contributed by atoms with Crippen LogP contribution >= 0.6 is 12.0 Å². The van der Waals surface area contributed by atoms with Gasteiger partial charge in [-0.2, -0.15) is 13.2 Å². The lowest BCUT2D eigenvalue weighted by atomic mass is 10.1. The highest BCUT2D eigenvalue weighted by Crippen LogP contribution is 2.36. The first kappa shape index (κ1) is 23.2. The molecule has 4 rings (SSSR count). The molecule has 2 aromatic rings. The van der Waals surface area contributed by atoms with Crippen molar-refractivity contribution in [2.75, 3.05) is 50.8 Å². The summed E-state index contributed by atoms with van der Waals surface area (Å²) in [4.78, 5) is 4.98. The zero-order chi connectivity index (χ0) is 22.6. The molecule has 32 heavy (non-hydrogen) atoms. The molecule has 1 unspecified atom stereocenters. The fourth-order valence-electron chi connectivity index (χ4n) is 4.02. The van der Waals surface area contributed by atoms with Gasteiger partial charge in [0.2, 0.25) is 0 Å². The fraction of sp³-hybridized carbons (Fsp3) is 0.478. The maximum Gasteiger partial charge on any atom is 0.416 e. The molecule has 0 aliphatic carbocycles. The SMILES string of the molecule is OC(COSc1cccc2c1OCCC2)CN1CCN(c2cccc(C(F)(F)F)c2)CC1. The Morgan fingerprint density at radius 1 is 1.09 bits per heavy atom. The number of anilines is 1. The topological polar surface area (TPSA) is 45.2 Å². The van der Waals surface area contributed by atoms with E-state index in [1.807, 2.05) is 17.0 Å². The number of ether oxygens (including phenoxy) is 1. The zero-order valence-electron chi connectivity index (χ0n) is 17.7. The van der Waals surface area contributed by atoms with Crippen LogP contribution in [0.4, 0.5) is 18.9 Å². The molecule has 0 saturated carbocycles. The molecule has 0 bridgehead atoms. The average Bonchev–Trinajstić information content (AvgIpc) is 2.79. The van der Waals surface area contributed by atoms with E-state index in [0.717, 1.165) is 29.6 Å². The fourth-order valence-corrected chi connectivity index (χ4v) is 4.77. The normalized spacial score (nSPS) is 18.2.